The lowest BCUT2D eigenvalue weighted by Crippen LogP contribution is -2.28. The number of benzene rings is 2. The number of esters is 1. The van der Waals surface area contributed by atoms with Crippen LogP contribution in [0.5, 0.6) is 5.75 Å². The molecule has 0 bridgehead atoms. The van der Waals surface area contributed by atoms with Gasteiger partial charge in [0, 0.05) is 0 Å². The molecule has 0 fully saturated rings. The Morgan fingerprint density at radius 1 is 1.12 bits per heavy atom. The number of nitrogens with one attached hydrogen (secondary N) is 1. The van der Waals surface area contributed by atoms with Crippen LogP contribution in [0.2, 0.25) is 0 Å². The average molecular weight is 449 g/mol. The number of carbonyl (C=O) groups excluding carboxylic acids is 2. The van der Waals surface area contributed by atoms with Crippen molar-refractivity contribution in [2.24, 2.45) is 5.10 Å². The van der Waals surface area contributed by atoms with Gasteiger partial charge in [-0.3, -0.25) is 19.6 Å². The van der Waals surface area contributed by atoms with Gasteiger partial charge in [0.05, 0.1) is 16.7 Å². The lowest BCUT2D eigenvalue weighted by atomic mass is 10.1. The second-order valence-electron chi connectivity index (χ2n) is 7.46. The third-order valence-electron chi connectivity index (χ3n) is 4.98. The Labute approximate surface area is 190 Å². The molecule has 1 aromatic heterocycles. The molecule has 3 aromatic rings. The first-order valence-electron chi connectivity index (χ1n) is 10.1. The van der Waals surface area contributed by atoms with Crippen molar-refractivity contribution in [1.29, 1.82) is 0 Å². The molecule has 1 heterocycles. The molecule has 33 heavy (non-hydrogen) atoms. The van der Waals surface area contributed by atoms with E-state index in [1.54, 1.807) is 50.2 Å². The summed E-state index contributed by atoms with van der Waals surface area (Å²) >= 11 is 0. The summed E-state index contributed by atoms with van der Waals surface area (Å²) in [5, 5.41) is 19.2. The quantitative estimate of drug-likeness (QED) is 0.193. The number of amides is 1. The molecule has 0 aliphatic rings. The largest absolute Gasteiger partial charge is 0.423 e. The first kappa shape index (κ1) is 23.3. The summed E-state index contributed by atoms with van der Waals surface area (Å²) in [6, 6.07) is 12.9. The maximum Gasteiger partial charge on any atom is 0.343 e. The van der Waals surface area contributed by atoms with Crippen LogP contribution in [0.4, 0.5) is 5.69 Å². The topological polar surface area (TPSA) is 129 Å². The van der Waals surface area contributed by atoms with Crippen molar-refractivity contribution in [2.75, 3.05) is 0 Å². The number of nitrogens with zero attached hydrogens (tertiary/aromatic N) is 4. The van der Waals surface area contributed by atoms with E-state index in [4.69, 9.17) is 4.74 Å². The van der Waals surface area contributed by atoms with Crippen LogP contribution < -0.4 is 10.2 Å². The van der Waals surface area contributed by atoms with Crippen molar-refractivity contribution in [2.45, 2.75) is 33.7 Å². The summed E-state index contributed by atoms with van der Waals surface area (Å²) in [5.41, 5.74) is 4.99. The van der Waals surface area contributed by atoms with E-state index >= 15 is 0 Å². The molecule has 10 heteroatoms. The molecule has 0 saturated carbocycles. The molecule has 0 radical (unpaired) electrons. The zero-order chi connectivity index (χ0) is 24.1. The van der Waals surface area contributed by atoms with E-state index in [1.807, 2.05) is 19.1 Å². The predicted molar refractivity (Wildman–Crippen MR) is 121 cm³/mol. The van der Waals surface area contributed by atoms with E-state index in [-0.39, 0.29) is 11.4 Å². The third-order valence-corrected chi connectivity index (χ3v) is 4.98. The molecule has 3 rings (SSSR count). The number of hydrogen-bond donors (Lipinski definition) is 1. The molecular weight excluding hydrogens is 426 g/mol. The molecule has 10 nitrogen and oxygen atoms in total. The number of hydrazone groups is 1. The zero-order valence-corrected chi connectivity index (χ0v) is 18.6. The van der Waals surface area contributed by atoms with Crippen LogP contribution >= 0.6 is 0 Å². The molecule has 2 aromatic carbocycles. The normalized spacial score (nSPS) is 11.9. The summed E-state index contributed by atoms with van der Waals surface area (Å²) in [7, 11) is 0. The zero-order valence-electron chi connectivity index (χ0n) is 18.6. The minimum absolute atomic E-state index is 0.110. The predicted octanol–water partition coefficient (Wildman–Crippen LogP) is 3.65. The molecule has 0 saturated heterocycles. The molecule has 170 valence electrons. The first-order chi connectivity index (χ1) is 15.7. The Morgan fingerprint density at radius 2 is 1.76 bits per heavy atom. The summed E-state index contributed by atoms with van der Waals surface area (Å²) in [6.07, 6.45) is 1.43. The van der Waals surface area contributed by atoms with Crippen LogP contribution in [-0.4, -0.2) is 32.8 Å². The molecular formula is C23H23N5O5. The van der Waals surface area contributed by atoms with Gasteiger partial charge in [-0.2, -0.15) is 10.2 Å². The van der Waals surface area contributed by atoms with Crippen molar-refractivity contribution >= 4 is 23.8 Å². The van der Waals surface area contributed by atoms with Gasteiger partial charge in [-0.25, -0.2) is 10.2 Å². The SMILES string of the molecule is Cc1ccc(C(=O)Oc2ccc(C=NNC(=O)C(C)n3nc(C)c([N+](=O)[O-])c3C)cc2)cc1. The second kappa shape index (κ2) is 9.86. The lowest BCUT2D eigenvalue weighted by Gasteiger charge is -2.11. The highest BCUT2D eigenvalue weighted by atomic mass is 16.6. The molecule has 1 N–H and O–H groups in total. The minimum atomic E-state index is -0.793. The van der Waals surface area contributed by atoms with Crippen LogP contribution in [0.15, 0.2) is 53.6 Å². The van der Waals surface area contributed by atoms with Crippen LogP contribution in [0.1, 0.15) is 45.8 Å². The minimum Gasteiger partial charge on any atom is -0.423 e. The van der Waals surface area contributed by atoms with Gasteiger partial charge >= 0.3 is 11.7 Å². The number of ether oxygens (including phenoxy) is 1. The smallest absolute Gasteiger partial charge is 0.343 e. The highest BCUT2D eigenvalue weighted by molar-refractivity contribution is 5.91. The number of rotatable bonds is 7. The molecule has 0 spiro atoms. The summed E-state index contributed by atoms with van der Waals surface area (Å²) < 4.78 is 6.65. The molecule has 0 aliphatic heterocycles. The van der Waals surface area contributed by atoms with Crippen molar-refractivity contribution in [1.82, 2.24) is 15.2 Å². The van der Waals surface area contributed by atoms with E-state index in [2.05, 4.69) is 15.6 Å². The van der Waals surface area contributed by atoms with Crippen molar-refractivity contribution in [3.05, 3.63) is 86.7 Å². The van der Waals surface area contributed by atoms with Crippen LogP contribution in [0.3, 0.4) is 0 Å². The third kappa shape index (κ3) is 5.48. The summed E-state index contributed by atoms with van der Waals surface area (Å²) in [4.78, 5) is 35.2. The molecule has 1 atom stereocenters. The van der Waals surface area contributed by atoms with E-state index in [0.717, 1.165) is 5.56 Å². The first-order valence-corrected chi connectivity index (χ1v) is 10.1. The Bertz CT molecular complexity index is 1210. The average Bonchev–Trinajstić information content (AvgIpc) is 3.08. The van der Waals surface area contributed by atoms with Crippen LogP contribution in [0, 0.1) is 30.9 Å². The van der Waals surface area contributed by atoms with E-state index in [9.17, 15) is 19.7 Å². The van der Waals surface area contributed by atoms with Crippen molar-refractivity contribution in [3.8, 4) is 5.75 Å². The van der Waals surface area contributed by atoms with Gasteiger partial charge in [0.15, 0.2) is 0 Å². The van der Waals surface area contributed by atoms with Gasteiger partial charge < -0.3 is 4.74 Å². The number of hydrogen-bond acceptors (Lipinski definition) is 7. The number of aryl methyl sites for hydroxylation is 2. The second-order valence-corrected chi connectivity index (χ2v) is 7.46. The van der Waals surface area contributed by atoms with Gasteiger partial charge in [0.25, 0.3) is 5.91 Å². The molecule has 0 aliphatic carbocycles. The van der Waals surface area contributed by atoms with Gasteiger partial charge in [-0.05, 0) is 69.7 Å². The highest BCUT2D eigenvalue weighted by Gasteiger charge is 2.26. The fourth-order valence-electron chi connectivity index (χ4n) is 3.15. The number of nitro groups is 1. The summed E-state index contributed by atoms with van der Waals surface area (Å²) in [6.45, 7) is 6.57. The maximum atomic E-state index is 12.4. The fraction of sp³-hybridized carbons (Fsp3) is 0.217. The molecule has 1 amide bonds. The van der Waals surface area contributed by atoms with Crippen molar-refractivity contribution in [3.63, 3.8) is 0 Å². The fourth-order valence-corrected chi connectivity index (χ4v) is 3.15. The van der Waals surface area contributed by atoms with Gasteiger partial charge in [0.2, 0.25) is 0 Å². The Hall–Kier alpha value is -4.34. The van der Waals surface area contributed by atoms with E-state index in [0.29, 0.717) is 22.6 Å². The Kier molecular flexibility index (Phi) is 6.97. The maximum absolute atomic E-state index is 12.4. The molecule has 1 unspecified atom stereocenters. The summed E-state index contributed by atoms with van der Waals surface area (Å²) in [5.74, 6) is -0.557. The van der Waals surface area contributed by atoms with Crippen LogP contribution in [0.25, 0.3) is 0 Å². The Morgan fingerprint density at radius 3 is 2.33 bits per heavy atom. The number of aromatic nitrogens is 2. The monoisotopic (exact) mass is 449 g/mol. The highest BCUT2D eigenvalue weighted by Crippen LogP contribution is 2.24. The Balaban J connectivity index is 1.58. The number of carbonyl (C=O) groups is 2. The van der Waals surface area contributed by atoms with Gasteiger partial charge in [0.1, 0.15) is 23.2 Å². The lowest BCUT2D eigenvalue weighted by molar-refractivity contribution is -0.386. The van der Waals surface area contributed by atoms with Crippen LogP contribution in [-0.2, 0) is 4.79 Å². The standard InChI is InChI=1S/C23H23N5O5/c1-14-5-9-19(10-6-14)23(30)33-20-11-7-18(8-12-20)13-24-25-22(29)17(4)27-16(3)21(28(31)32)15(2)26-27/h5-13,17H,1-4H3,(H,25,29). The van der Waals surface area contributed by atoms with Gasteiger partial charge in [-0.15, -0.1) is 0 Å². The van der Waals surface area contributed by atoms with E-state index < -0.39 is 22.8 Å². The van der Waals surface area contributed by atoms with E-state index in [1.165, 1.54) is 17.8 Å². The van der Waals surface area contributed by atoms with Gasteiger partial charge in [-0.1, -0.05) is 17.7 Å². The van der Waals surface area contributed by atoms with Crippen molar-refractivity contribution < 1.29 is 19.2 Å².